The maximum atomic E-state index is 2.46. The molecule has 30 rings (SSSR count). The zero-order valence-corrected chi connectivity index (χ0v) is 82.1. The second-order valence-corrected chi connectivity index (χ2v) is 38.9. The van der Waals surface area contributed by atoms with Gasteiger partial charge in [0.15, 0.2) is 0 Å². The monoisotopic (exact) mass is 1910 g/mol. The molecule has 0 saturated carbocycles. The van der Waals surface area contributed by atoms with Crippen molar-refractivity contribution in [2.45, 2.75) is 0 Å². The van der Waals surface area contributed by atoms with E-state index in [1.807, 2.05) is 0 Å². The minimum absolute atomic E-state index is 1.15. The van der Waals surface area contributed by atoms with Gasteiger partial charge in [-0.1, -0.05) is 431 Å². The Labute approximate surface area is 868 Å². The van der Waals surface area contributed by atoms with E-state index in [4.69, 9.17) is 0 Å². The first-order chi connectivity index (χ1) is 74.4. The van der Waals surface area contributed by atoms with Crippen LogP contribution in [0.3, 0.4) is 0 Å². The molecule has 0 atom stereocenters. The highest BCUT2D eigenvalue weighted by Crippen LogP contribution is 2.49. The minimum atomic E-state index is 1.15. The predicted octanol–water partition coefficient (Wildman–Crippen LogP) is 38.6. The van der Waals surface area contributed by atoms with Crippen molar-refractivity contribution in [3.63, 3.8) is 0 Å². The van der Waals surface area contributed by atoms with Gasteiger partial charge in [-0.15, -0.1) is 0 Å². The molecular formula is C144H96N6. The van der Waals surface area contributed by atoms with Crippen LogP contribution in [0.25, 0.3) is 265 Å². The number of nitrogens with zero attached hydrogens (tertiary/aromatic N) is 6. The first-order valence-electron chi connectivity index (χ1n) is 51.6. The SMILES string of the molecule is c1ccc(-c2ccc(-c3cccc(-n4c5ccccc5c5c6c7ccccc7n(-c7ccc(-c8ccccc8)cc7)c6ccc54)c3)cc2)cc1.c1ccc(-c2ccc(-c3cccc(-n4c5ccccc5c5c6c7ccccc7n(-c7cccc(-c8ccccc8)c7)c6ccc54)c3)cc2)cc1.c1ccc(-c2ccc(-n3c4ccccc4c4c5c6ccccc6n(-c6cc(-c7ccccc7)cc(-c7ccccc7)c6)c5ccc43)cc2)cc1. The quantitative estimate of drug-likeness (QED) is 0.0979. The Morgan fingerprint density at radius 3 is 0.460 bits per heavy atom. The van der Waals surface area contributed by atoms with Crippen LogP contribution in [0.2, 0.25) is 0 Å². The van der Waals surface area contributed by atoms with E-state index < -0.39 is 0 Å². The van der Waals surface area contributed by atoms with Crippen LogP contribution in [0.1, 0.15) is 0 Å². The molecule has 30 aromatic rings. The lowest BCUT2D eigenvalue weighted by atomic mass is 9.98. The molecule has 0 N–H and O–H groups in total. The third-order valence-corrected chi connectivity index (χ3v) is 30.3. The molecule has 0 radical (unpaired) electrons. The van der Waals surface area contributed by atoms with Crippen molar-refractivity contribution < 1.29 is 0 Å². The lowest BCUT2D eigenvalue weighted by molar-refractivity contribution is 1.17. The molecule has 0 aliphatic rings. The predicted molar refractivity (Wildman–Crippen MR) is 634 cm³/mol. The zero-order valence-electron chi connectivity index (χ0n) is 82.1. The average molecular weight is 1910 g/mol. The van der Waals surface area contributed by atoms with Crippen molar-refractivity contribution >= 4 is 131 Å². The number of hydrogen-bond acceptors (Lipinski definition) is 0. The Kier molecular flexibility index (Phi) is 21.9. The Bertz CT molecular complexity index is 10300. The number of benzene rings is 24. The lowest BCUT2D eigenvalue weighted by Crippen LogP contribution is -1.96. The van der Waals surface area contributed by atoms with Crippen molar-refractivity contribution in [1.82, 2.24) is 27.4 Å². The summed E-state index contributed by atoms with van der Waals surface area (Å²) >= 11 is 0. The summed E-state index contributed by atoms with van der Waals surface area (Å²) in [6.07, 6.45) is 0. The maximum Gasteiger partial charge on any atom is 0.0548 e. The van der Waals surface area contributed by atoms with E-state index in [1.54, 1.807) is 0 Å². The van der Waals surface area contributed by atoms with Crippen molar-refractivity contribution in [3.8, 4) is 134 Å². The largest absolute Gasteiger partial charge is 0.309 e. The van der Waals surface area contributed by atoms with E-state index >= 15 is 0 Å². The molecule has 0 amide bonds. The van der Waals surface area contributed by atoms with Gasteiger partial charge in [0, 0.05) is 98.8 Å². The standard InChI is InChI=1S/3C48H32N2/c1-4-14-33(15-5-1)36-24-26-39(27-25-36)49-43-22-12-10-20-41(43)47-45(49)28-29-46-48(47)42-21-11-13-23-44(42)50(46)40-31-37(34-16-6-2-7-17-34)30-38(32-40)35-18-8-3-9-19-35;1-3-13-33(14-4-1)35-25-27-36(28-26-35)38-18-12-20-40(32-38)50-44-24-10-8-22-42(44)48-46(50)30-29-45-47(48)41-21-7-9-23-43(41)49(45)39-19-11-17-37(31-39)34-15-5-2-6-16-34;1-3-12-33(13-4-1)35-22-24-37(25-23-35)38-16-11-17-40(32-38)50-44-21-10-8-19-42(44)48-46(50)31-30-45-47(48)41-18-7-9-20-43(41)49(45)39-28-26-36(27-29-39)34-14-5-2-6-15-34/h3*1-32H. The summed E-state index contributed by atoms with van der Waals surface area (Å²) < 4.78 is 14.6. The first kappa shape index (κ1) is 87.8. The van der Waals surface area contributed by atoms with Crippen molar-refractivity contribution in [2.75, 3.05) is 0 Å². The van der Waals surface area contributed by atoms with Gasteiger partial charge in [-0.05, 0) is 252 Å². The highest BCUT2D eigenvalue weighted by molar-refractivity contribution is 6.32. The summed E-state index contributed by atoms with van der Waals surface area (Å²) in [6.45, 7) is 0. The lowest BCUT2D eigenvalue weighted by Gasteiger charge is -2.14. The van der Waals surface area contributed by atoms with Gasteiger partial charge in [0.25, 0.3) is 0 Å². The molecule has 0 spiro atoms. The molecule has 6 heterocycles. The van der Waals surface area contributed by atoms with Crippen molar-refractivity contribution in [1.29, 1.82) is 0 Å². The summed E-state index contributed by atoms with van der Waals surface area (Å²) in [4.78, 5) is 0. The van der Waals surface area contributed by atoms with E-state index in [-0.39, 0.29) is 0 Å². The average Bonchev–Trinajstić information content (AvgIpc) is 1.55. The normalized spacial score (nSPS) is 11.6. The molecule has 24 aromatic carbocycles. The molecule has 6 heteroatoms. The topological polar surface area (TPSA) is 29.6 Å². The van der Waals surface area contributed by atoms with Gasteiger partial charge in [0.05, 0.1) is 66.2 Å². The fourth-order valence-corrected chi connectivity index (χ4v) is 23.5. The van der Waals surface area contributed by atoms with Gasteiger partial charge < -0.3 is 27.4 Å². The van der Waals surface area contributed by atoms with Gasteiger partial charge in [0.2, 0.25) is 0 Å². The number of hydrogen-bond donors (Lipinski definition) is 0. The van der Waals surface area contributed by atoms with E-state index in [1.165, 1.54) is 231 Å². The summed E-state index contributed by atoms with van der Waals surface area (Å²) in [7, 11) is 0. The van der Waals surface area contributed by atoms with Crippen LogP contribution in [-0.2, 0) is 0 Å². The zero-order chi connectivity index (χ0) is 99.1. The van der Waals surface area contributed by atoms with E-state index in [0.29, 0.717) is 0 Å². The van der Waals surface area contributed by atoms with Crippen LogP contribution >= 0.6 is 0 Å². The van der Waals surface area contributed by atoms with Crippen LogP contribution in [0.4, 0.5) is 0 Å². The van der Waals surface area contributed by atoms with Crippen LogP contribution in [0.5, 0.6) is 0 Å². The first-order valence-corrected chi connectivity index (χ1v) is 51.6. The number of rotatable bonds is 15. The molecule has 0 unspecified atom stereocenters. The summed E-state index contributed by atoms with van der Waals surface area (Å²) in [6, 6.07) is 211. The van der Waals surface area contributed by atoms with Gasteiger partial charge in [-0.25, -0.2) is 0 Å². The fraction of sp³-hybridized carbons (Fsp3) is 0. The number of fused-ring (bicyclic) bond motifs is 21. The number of aromatic nitrogens is 6. The second-order valence-electron chi connectivity index (χ2n) is 38.9. The van der Waals surface area contributed by atoms with Crippen LogP contribution in [-0.4, -0.2) is 27.4 Å². The Morgan fingerprint density at radius 1 is 0.0800 bits per heavy atom. The highest BCUT2D eigenvalue weighted by atomic mass is 15.0. The minimum Gasteiger partial charge on any atom is -0.309 e. The molecular weight excluding hydrogens is 1810 g/mol. The van der Waals surface area contributed by atoms with Gasteiger partial charge in [-0.2, -0.15) is 0 Å². The molecule has 150 heavy (non-hydrogen) atoms. The number of para-hydroxylation sites is 6. The molecule has 6 aromatic heterocycles. The van der Waals surface area contributed by atoms with Crippen LogP contribution < -0.4 is 0 Å². The van der Waals surface area contributed by atoms with Crippen LogP contribution in [0, 0.1) is 0 Å². The van der Waals surface area contributed by atoms with Crippen molar-refractivity contribution in [2.24, 2.45) is 0 Å². The van der Waals surface area contributed by atoms with Gasteiger partial charge in [-0.3, -0.25) is 0 Å². The van der Waals surface area contributed by atoms with E-state index in [0.717, 1.165) is 34.1 Å². The smallest absolute Gasteiger partial charge is 0.0548 e. The van der Waals surface area contributed by atoms with E-state index in [2.05, 4.69) is 610 Å². The summed E-state index contributed by atoms with van der Waals surface area (Å²) in [5, 5.41) is 15.2. The maximum absolute atomic E-state index is 2.46. The molecule has 0 bridgehead atoms. The Balaban J connectivity index is 0.000000108. The Hall–Kier alpha value is -19.9. The molecule has 0 aliphatic carbocycles. The Morgan fingerprint density at radius 2 is 0.233 bits per heavy atom. The molecule has 0 fully saturated rings. The third kappa shape index (κ3) is 15.4. The summed E-state index contributed by atoms with van der Waals surface area (Å²) in [5.74, 6) is 0. The molecule has 6 nitrogen and oxygen atoms in total. The molecule has 0 aliphatic heterocycles. The van der Waals surface area contributed by atoms with E-state index in [9.17, 15) is 0 Å². The molecule has 0 saturated heterocycles. The van der Waals surface area contributed by atoms with Gasteiger partial charge in [0.1, 0.15) is 0 Å². The van der Waals surface area contributed by atoms with Crippen LogP contribution in [0.15, 0.2) is 582 Å². The van der Waals surface area contributed by atoms with Gasteiger partial charge >= 0.3 is 0 Å². The third-order valence-electron chi connectivity index (χ3n) is 30.3. The second kappa shape index (κ2) is 37.4. The summed E-state index contributed by atoms with van der Waals surface area (Å²) in [5.41, 5.74) is 43.2. The fourth-order valence-electron chi connectivity index (χ4n) is 23.5. The highest BCUT2D eigenvalue weighted by Gasteiger charge is 2.27. The van der Waals surface area contributed by atoms with Crippen molar-refractivity contribution in [3.05, 3.63) is 582 Å². The molecule has 702 valence electrons.